The molecule has 1 nitrogen and oxygen atoms in total. The maximum atomic E-state index is 9.95. The molecule has 0 heterocycles. The molecular weight excluding hydrogens is 264 g/mol. The molecule has 2 heteroatoms. The minimum absolute atomic E-state index is 0.297. The smallest absolute Gasteiger partial charge is 0.0790 e. The van der Waals surface area contributed by atoms with E-state index in [1.165, 1.54) is 25.7 Å². The number of rotatable bonds is 7. The van der Waals surface area contributed by atoms with E-state index in [1.54, 1.807) is 0 Å². The van der Waals surface area contributed by atoms with E-state index in [-0.39, 0.29) is 6.10 Å². The molecular formula is C14H21BrO. The number of aliphatic hydroxyl groups excluding tert-OH is 1. The van der Waals surface area contributed by atoms with Crippen LogP contribution in [0.5, 0.6) is 0 Å². The van der Waals surface area contributed by atoms with Crippen LogP contribution in [-0.4, -0.2) is 5.11 Å². The van der Waals surface area contributed by atoms with Gasteiger partial charge in [0.25, 0.3) is 0 Å². The lowest BCUT2D eigenvalue weighted by Crippen LogP contribution is -1.97. The molecule has 1 aromatic rings. The molecule has 0 spiro atoms. The Morgan fingerprint density at radius 3 is 2.31 bits per heavy atom. The van der Waals surface area contributed by atoms with Gasteiger partial charge in [0.2, 0.25) is 0 Å². The van der Waals surface area contributed by atoms with Gasteiger partial charge < -0.3 is 5.11 Å². The van der Waals surface area contributed by atoms with Gasteiger partial charge in [-0.05, 0) is 24.1 Å². The first-order valence-corrected chi connectivity index (χ1v) is 6.97. The Bertz CT molecular complexity index is 281. The van der Waals surface area contributed by atoms with E-state index < -0.39 is 0 Å². The molecule has 0 aromatic heterocycles. The largest absolute Gasteiger partial charge is 0.388 e. The first kappa shape index (κ1) is 13.7. The highest BCUT2D eigenvalue weighted by Crippen LogP contribution is 2.21. The summed E-state index contributed by atoms with van der Waals surface area (Å²) in [6, 6.07) is 7.94. The number of benzene rings is 1. The second kappa shape index (κ2) is 7.86. The van der Waals surface area contributed by atoms with Gasteiger partial charge in [0.15, 0.2) is 0 Å². The molecule has 0 bridgehead atoms. The Hall–Kier alpha value is -0.340. The minimum atomic E-state index is -0.297. The predicted molar refractivity (Wildman–Crippen MR) is 72.5 cm³/mol. The summed E-state index contributed by atoms with van der Waals surface area (Å²) in [6.45, 7) is 2.22. The molecule has 1 aromatic carbocycles. The molecule has 0 aliphatic rings. The number of aliphatic hydroxyl groups is 1. The highest BCUT2D eigenvalue weighted by molar-refractivity contribution is 9.10. The molecule has 0 aliphatic carbocycles. The Morgan fingerprint density at radius 2 is 1.69 bits per heavy atom. The van der Waals surface area contributed by atoms with Crippen molar-refractivity contribution in [2.75, 3.05) is 0 Å². The van der Waals surface area contributed by atoms with Crippen LogP contribution in [0.25, 0.3) is 0 Å². The predicted octanol–water partition coefficient (Wildman–Crippen LogP) is 4.84. The van der Waals surface area contributed by atoms with Crippen molar-refractivity contribution in [2.24, 2.45) is 0 Å². The number of unbranched alkanes of at least 4 members (excludes halogenated alkanes) is 4. The summed E-state index contributed by atoms with van der Waals surface area (Å²) in [5, 5.41) is 9.95. The summed E-state index contributed by atoms with van der Waals surface area (Å²) in [4.78, 5) is 0. The molecule has 90 valence electrons. The van der Waals surface area contributed by atoms with Gasteiger partial charge in [-0.2, -0.15) is 0 Å². The van der Waals surface area contributed by atoms with Crippen LogP contribution in [0.4, 0.5) is 0 Å². The summed E-state index contributed by atoms with van der Waals surface area (Å²) in [5.74, 6) is 0. The Labute approximate surface area is 107 Å². The lowest BCUT2D eigenvalue weighted by atomic mass is 10.0. The van der Waals surface area contributed by atoms with Crippen LogP contribution < -0.4 is 0 Å². The van der Waals surface area contributed by atoms with Crippen LogP contribution in [0, 0.1) is 0 Å². The zero-order valence-corrected chi connectivity index (χ0v) is 11.5. The molecule has 16 heavy (non-hydrogen) atoms. The summed E-state index contributed by atoms with van der Waals surface area (Å²) in [5.41, 5.74) is 1.03. The van der Waals surface area contributed by atoms with Crippen molar-refractivity contribution in [3.63, 3.8) is 0 Å². The van der Waals surface area contributed by atoms with Crippen LogP contribution in [0.3, 0.4) is 0 Å². The summed E-state index contributed by atoms with van der Waals surface area (Å²) in [6.07, 6.45) is 6.83. The van der Waals surface area contributed by atoms with E-state index in [1.807, 2.05) is 24.3 Å². The Kier molecular flexibility index (Phi) is 6.74. The average molecular weight is 285 g/mol. The molecule has 1 atom stereocenters. The van der Waals surface area contributed by atoms with E-state index in [9.17, 15) is 5.11 Å². The average Bonchev–Trinajstić information content (AvgIpc) is 2.29. The van der Waals surface area contributed by atoms with Gasteiger partial charge in [0.1, 0.15) is 0 Å². The van der Waals surface area contributed by atoms with Gasteiger partial charge >= 0.3 is 0 Å². The molecule has 0 saturated heterocycles. The van der Waals surface area contributed by atoms with E-state index in [0.29, 0.717) is 0 Å². The third-order valence-electron chi connectivity index (χ3n) is 2.84. The maximum Gasteiger partial charge on any atom is 0.0790 e. The summed E-state index contributed by atoms with van der Waals surface area (Å²) in [7, 11) is 0. The molecule has 0 radical (unpaired) electrons. The van der Waals surface area contributed by atoms with Crippen LogP contribution >= 0.6 is 15.9 Å². The standard InChI is InChI=1S/C14H21BrO/c1-2-3-4-5-6-7-14(16)12-8-10-13(15)11-9-12/h8-11,14,16H,2-7H2,1H3/t14-/m1/s1. The van der Waals surface area contributed by atoms with Crippen molar-refractivity contribution < 1.29 is 5.11 Å². The van der Waals surface area contributed by atoms with Gasteiger partial charge in [-0.25, -0.2) is 0 Å². The molecule has 0 amide bonds. The summed E-state index contributed by atoms with van der Waals surface area (Å²) >= 11 is 3.39. The third-order valence-corrected chi connectivity index (χ3v) is 3.36. The molecule has 0 saturated carbocycles. The van der Waals surface area contributed by atoms with E-state index >= 15 is 0 Å². The van der Waals surface area contributed by atoms with E-state index in [0.717, 1.165) is 22.9 Å². The van der Waals surface area contributed by atoms with Crippen LogP contribution in [0.2, 0.25) is 0 Å². The van der Waals surface area contributed by atoms with E-state index in [2.05, 4.69) is 22.9 Å². The van der Waals surface area contributed by atoms with E-state index in [4.69, 9.17) is 0 Å². The fourth-order valence-electron chi connectivity index (χ4n) is 1.79. The zero-order valence-electron chi connectivity index (χ0n) is 9.95. The van der Waals surface area contributed by atoms with Gasteiger partial charge in [0, 0.05) is 4.47 Å². The lowest BCUT2D eigenvalue weighted by molar-refractivity contribution is 0.163. The molecule has 0 unspecified atom stereocenters. The van der Waals surface area contributed by atoms with Crippen molar-refractivity contribution in [2.45, 2.75) is 51.6 Å². The highest BCUT2D eigenvalue weighted by Gasteiger charge is 2.06. The van der Waals surface area contributed by atoms with Crippen LogP contribution in [0.15, 0.2) is 28.7 Å². The van der Waals surface area contributed by atoms with Crippen molar-refractivity contribution in [3.8, 4) is 0 Å². The van der Waals surface area contributed by atoms with Gasteiger partial charge in [-0.1, -0.05) is 67.1 Å². The SMILES string of the molecule is CCCCCCC[C@@H](O)c1ccc(Br)cc1. The molecule has 1 N–H and O–H groups in total. The van der Waals surface area contributed by atoms with Crippen LogP contribution in [0.1, 0.15) is 57.1 Å². The molecule has 0 fully saturated rings. The minimum Gasteiger partial charge on any atom is -0.388 e. The van der Waals surface area contributed by atoms with Crippen molar-refractivity contribution in [1.29, 1.82) is 0 Å². The third kappa shape index (κ3) is 5.13. The summed E-state index contributed by atoms with van der Waals surface area (Å²) < 4.78 is 1.06. The normalized spacial score (nSPS) is 12.7. The van der Waals surface area contributed by atoms with Crippen molar-refractivity contribution in [3.05, 3.63) is 34.3 Å². The molecule has 1 rings (SSSR count). The highest BCUT2D eigenvalue weighted by atomic mass is 79.9. The maximum absolute atomic E-state index is 9.95. The zero-order chi connectivity index (χ0) is 11.8. The molecule has 0 aliphatic heterocycles. The topological polar surface area (TPSA) is 20.2 Å². The van der Waals surface area contributed by atoms with Crippen molar-refractivity contribution in [1.82, 2.24) is 0 Å². The van der Waals surface area contributed by atoms with Gasteiger partial charge in [-0.15, -0.1) is 0 Å². The number of halogens is 1. The number of hydrogen-bond acceptors (Lipinski definition) is 1. The fraction of sp³-hybridized carbons (Fsp3) is 0.571. The first-order valence-electron chi connectivity index (χ1n) is 6.17. The number of hydrogen-bond donors (Lipinski definition) is 1. The lowest BCUT2D eigenvalue weighted by Gasteiger charge is -2.10. The second-order valence-corrected chi connectivity index (χ2v) is 5.19. The van der Waals surface area contributed by atoms with Crippen molar-refractivity contribution >= 4 is 15.9 Å². The van der Waals surface area contributed by atoms with Gasteiger partial charge in [0.05, 0.1) is 6.10 Å². The monoisotopic (exact) mass is 284 g/mol. The van der Waals surface area contributed by atoms with Gasteiger partial charge in [-0.3, -0.25) is 0 Å². The Morgan fingerprint density at radius 1 is 1.06 bits per heavy atom. The quantitative estimate of drug-likeness (QED) is 0.710. The fourth-order valence-corrected chi connectivity index (χ4v) is 2.06. The Balaban J connectivity index is 2.24. The second-order valence-electron chi connectivity index (χ2n) is 4.27. The first-order chi connectivity index (χ1) is 7.74. The van der Waals surface area contributed by atoms with Crippen LogP contribution in [-0.2, 0) is 0 Å².